The van der Waals surface area contributed by atoms with Crippen molar-refractivity contribution < 1.29 is 9.53 Å². The predicted octanol–water partition coefficient (Wildman–Crippen LogP) is 9.82. The van der Waals surface area contributed by atoms with Crippen LogP contribution in [0.4, 0.5) is 0 Å². The number of carbonyl (C=O) groups is 1. The molecule has 0 saturated carbocycles. The molecule has 0 radical (unpaired) electrons. The standard InChI is InChI=1S/C30H52O2/c1-3-4-5-6-7-8-9-10-11-12-13-14-15-16-17-18-19-20-21-22-23-24-25-26-27-28-29-30(31)32-2/h4-5,8-9,12-13,16-17H,3,6-7,10-11,14-15,18-29H2,1-2H3/b5-4+,9-8+,13-12+,17-16+. The second kappa shape index (κ2) is 27.5. The van der Waals surface area contributed by atoms with Gasteiger partial charge in [0.1, 0.15) is 0 Å². The number of unbranched alkanes of at least 4 members (excludes halogenated alkanes) is 13. The van der Waals surface area contributed by atoms with Crippen molar-refractivity contribution in [2.45, 2.75) is 129 Å². The Hall–Kier alpha value is -1.57. The SMILES string of the molecule is CC/C=C/CC/C=C/CC/C=C/CC/C=C/CCCCCCCCCCCCC(=O)OC. The molecule has 2 heteroatoms. The van der Waals surface area contributed by atoms with Crippen molar-refractivity contribution in [2.75, 3.05) is 7.11 Å². The Morgan fingerprint density at radius 3 is 1.25 bits per heavy atom. The molecule has 0 spiro atoms. The lowest BCUT2D eigenvalue weighted by Crippen LogP contribution is -1.99. The molecule has 0 atom stereocenters. The van der Waals surface area contributed by atoms with E-state index in [0.717, 1.165) is 19.3 Å². The lowest BCUT2D eigenvalue weighted by Gasteiger charge is -2.02. The predicted molar refractivity (Wildman–Crippen MR) is 142 cm³/mol. The van der Waals surface area contributed by atoms with Gasteiger partial charge in [-0.1, -0.05) is 107 Å². The first kappa shape index (κ1) is 30.4. The molecule has 0 unspecified atom stereocenters. The van der Waals surface area contributed by atoms with Gasteiger partial charge in [0.05, 0.1) is 7.11 Å². The van der Waals surface area contributed by atoms with E-state index in [1.807, 2.05) is 0 Å². The van der Waals surface area contributed by atoms with Gasteiger partial charge in [-0.3, -0.25) is 4.79 Å². The highest BCUT2D eigenvalue weighted by molar-refractivity contribution is 5.68. The number of esters is 1. The van der Waals surface area contributed by atoms with Crippen LogP contribution in [0, 0.1) is 0 Å². The third-order valence-electron chi connectivity index (χ3n) is 5.63. The molecule has 0 aliphatic rings. The van der Waals surface area contributed by atoms with Gasteiger partial charge in [-0.05, 0) is 64.2 Å². The summed E-state index contributed by atoms with van der Waals surface area (Å²) >= 11 is 0. The van der Waals surface area contributed by atoms with Gasteiger partial charge in [-0.25, -0.2) is 0 Å². The van der Waals surface area contributed by atoms with Crippen LogP contribution in [0.15, 0.2) is 48.6 Å². The molecule has 184 valence electrons. The molecule has 32 heavy (non-hydrogen) atoms. The summed E-state index contributed by atoms with van der Waals surface area (Å²) in [7, 11) is 1.47. The molecule has 0 amide bonds. The van der Waals surface area contributed by atoms with Crippen molar-refractivity contribution in [3.63, 3.8) is 0 Å². The highest BCUT2D eigenvalue weighted by atomic mass is 16.5. The van der Waals surface area contributed by atoms with Crippen LogP contribution < -0.4 is 0 Å². The molecular weight excluding hydrogens is 392 g/mol. The van der Waals surface area contributed by atoms with E-state index in [1.54, 1.807) is 0 Å². The molecule has 0 aromatic rings. The van der Waals surface area contributed by atoms with Crippen LogP contribution in [0.5, 0.6) is 0 Å². The minimum atomic E-state index is -0.0719. The lowest BCUT2D eigenvalue weighted by atomic mass is 10.0. The maximum Gasteiger partial charge on any atom is 0.305 e. The van der Waals surface area contributed by atoms with Gasteiger partial charge < -0.3 is 4.74 Å². The summed E-state index contributed by atoms with van der Waals surface area (Å²) in [4.78, 5) is 11.0. The monoisotopic (exact) mass is 444 g/mol. The molecular formula is C30H52O2. The van der Waals surface area contributed by atoms with Crippen LogP contribution in [-0.4, -0.2) is 13.1 Å². The third-order valence-corrected chi connectivity index (χ3v) is 5.63. The zero-order valence-corrected chi connectivity index (χ0v) is 21.4. The first-order chi connectivity index (χ1) is 15.8. The zero-order valence-electron chi connectivity index (χ0n) is 21.4. The summed E-state index contributed by atoms with van der Waals surface area (Å²) in [6.45, 7) is 2.18. The van der Waals surface area contributed by atoms with Gasteiger partial charge in [0.2, 0.25) is 0 Å². The minimum absolute atomic E-state index is 0.0719. The molecule has 0 fully saturated rings. The second-order valence-corrected chi connectivity index (χ2v) is 8.68. The van der Waals surface area contributed by atoms with Crippen molar-refractivity contribution >= 4 is 5.97 Å². The average Bonchev–Trinajstić information content (AvgIpc) is 2.81. The Kier molecular flexibility index (Phi) is 26.1. The van der Waals surface area contributed by atoms with E-state index < -0.39 is 0 Å². The molecule has 2 nitrogen and oxygen atoms in total. The molecule has 0 aromatic heterocycles. The summed E-state index contributed by atoms with van der Waals surface area (Å²) in [6, 6.07) is 0. The first-order valence-corrected chi connectivity index (χ1v) is 13.5. The fourth-order valence-corrected chi connectivity index (χ4v) is 3.62. The summed E-state index contributed by atoms with van der Waals surface area (Å²) < 4.78 is 4.66. The Bertz CT molecular complexity index is 499. The topological polar surface area (TPSA) is 26.3 Å². The third kappa shape index (κ3) is 26.5. The molecule has 0 heterocycles. The molecule has 0 saturated heterocycles. The highest BCUT2D eigenvalue weighted by Gasteiger charge is 1.99. The van der Waals surface area contributed by atoms with Gasteiger partial charge >= 0.3 is 5.97 Å². The molecule has 0 aliphatic heterocycles. The van der Waals surface area contributed by atoms with Crippen molar-refractivity contribution in [1.82, 2.24) is 0 Å². The van der Waals surface area contributed by atoms with Crippen molar-refractivity contribution in [3.05, 3.63) is 48.6 Å². The van der Waals surface area contributed by atoms with Crippen LogP contribution in [0.25, 0.3) is 0 Å². The molecule has 0 aromatic carbocycles. The highest BCUT2D eigenvalue weighted by Crippen LogP contribution is 2.12. The summed E-state index contributed by atoms with van der Waals surface area (Å²) in [5.74, 6) is -0.0719. The smallest absolute Gasteiger partial charge is 0.305 e. The van der Waals surface area contributed by atoms with E-state index in [4.69, 9.17) is 0 Å². The summed E-state index contributed by atoms with van der Waals surface area (Å²) in [5, 5.41) is 0. The molecule has 0 aliphatic carbocycles. The van der Waals surface area contributed by atoms with Crippen molar-refractivity contribution in [2.24, 2.45) is 0 Å². The Labute approximate surface area is 200 Å². The first-order valence-electron chi connectivity index (χ1n) is 13.5. The van der Waals surface area contributed by atoms with E-state index in [1.165, 1.54) is 103 Å². The van der Waals surface area contributed by atoms with E-state index >= 15 is 0 Å². The van der Waals surface area contributed by atoms with Crippen LogP contribution in [0.2, 0.25) is 0 Å². The lowest BCUT2D eigenvalue weighted by molar-refractivity contribution is -0.140. The number of allylic oxidation sites excluding steroid dienone is 8. The van der Waals surface area contributed by atoms with Crippen molar-refractivity contribution in [3.8, 4) is 0 Å². The maximum absolute atomic E-state index is 11.0. The number of hydrogen-bond acceptors (Lipinski definition) is 2. The van der Waals surface area contributed by atoms with Gasteiger partial charge in [-0.2, -0.15) is 0 Å². The zero-order chi connectivity index (χ0) is 23.4. The molecule has 0 N–H and O–H groups in total. The summed E-state index contributed by atoms with van der Waals surface area (Å²) in [5.41, 5.74) is 0. The van der Waals surface area contributed by atoms with Gasteiger partial charge in [0.15, 0.2) is 0 Å². The number of rotatable bonds is 23. The van der Waals surface area contributed by atoms with Crippen LogP contribution in [-0.2, 0) is 9.53 Å². The Morgan fingerprint density at radius 1 is 0.500 bits per heavy atom. The minimum Gasteiger partial charge on any atom is -0.469 e. The fraction of sp³-hybridized carbons (Fsp3) is 0.700. The van der Waals surface area contributed by atoms with Crippen LogP contribution in [0.3, 0.4) is 0 Å². The van der Waals surface area contributed by atoms with E-state index in [0.29, 0.717) is 6.42 Å². The molecule has 0 bridgehead atoms. The van der Waals surface area contributed by atoms with Crippen LogP contribution >= 0.6 is 0 Å². The summed E-state index contributed by atoms with van der Waals surface area (Å²) in [6.07, 6.45) is 41.4. The Morgan fingerprint density at radius 2 is 0.844 bits per heavy atom. The van der Waals surface area contributed by atoms with Gasteiger partial charge in [0.25, 0.3) is 0 Å². The van der Waals surface area contributed by atoms with E-state index in [2.05, 4.69) is 60.3 Å². The number of hydrogen-bond donors (Lipinski definition) is 0. The second-order valence-electron chi connectivity index (χ2n) is 8.68. The Balaban J connectivity index is 3.24. The quantitative estimate of drug-likeness (QED) is 0.0890. The van der Waals surface area contributed by atoms with Crippen LogP contribution in [0.1, 0.15) is 129 Å². The number of ether oxygens (including phenoxy) is 1. The fourth-order valence-electron chi connectivity index (χ4n) is 3.62. The maximum atomic E-state index is 11.0. The average molecular weight is 445 g/mol. The number of carbonyl (C=O) groups excluding carboxylic acids is 1. The van der Waals surface area contributed by atoms with E-state index in [9.17, 15) is 4.79 Å². The number of methoxy groups -OCH3 is 1. The van der Waals surface area contributed by atoms with Gasteiger partial charge in [-0.15, -0.1) is 0 Å². The van der Waals surface area contributed by atoms with Crippen molar-refractivity contribution in [1.29, 1.82) is 0 Å². The molecule has 0 rings (SSSR count). The normalized spacial score (nSPS) is 12.2. The van der Waals surface area contributed by atoms with E-state index in [-0.39, 0.29) is 5.97 Å². The largest absolute Gasteiger partial charge is 0.469 e. The van der Waals surface area contributed by atoms with Gasteiger partial charge in [0, 0.05) is 6.42 Å².